The van der Waals surface area contributed by atoms with Gasteiger partial charge >= 0.3 is 5.69 Å². The van der Waals surface area contributed by atoms with E-state index in [1.807, 2.05) is 10.7 Å². The highest BCUT2D eigenvalue weighted by atomic mass is 16.2. The van der Waals surface area contributed by atoms with E-state index in [4.69, 9.17) is 0 Å². The first kappa shape index (κ1) is 19.1. The number of amides is 1. The molecule has 0 bridgehead atoms. The summed E-state index contributed by atoms with van der Waals surface area (Å²) in [6, 6.07) is 2.02. The summed E-state index contributed by atoms with van der Waals surface area (Å²) in [4.78, 5) is 39.9. The Morgan fingerprint density at radius 3 is 2.85 bits per heavy atom. The van der Waals surface area contributed by atoms with E-state index in [1.54, 1.807) is 6.92 Å². The maximum atomic E-state index is 12.1. The molecule has 2 N–H and O–H groups in total. The van der Waals surface area contributed by atoms with Gasteiger partial charge in [-0.25, -0.2) is 4.79 Å². The zero-order valence-electron chi connectivity index (χ0n) is 16.0. The van der Waals surface area contributed by atoms with Crippen LogP contribution in [0.15, 0.2) is 21.9 Å². The number of hydrogen-bond acceptors (Lipinski definition) is 5. The third-order valence-corrected chi connectivity index (χ3v) is 4.52. The lowest BCUT2D eigenvalue weighted by Crippen LogP contribution is -2.36. The third-order valence-electron chi connectivity index (χ3n) is 4.52. The van der Waals surface area contributed by atoms with E-state index in [0.717, 1.165) is 37.6 Å². The van der Waals surface area contributed by atoms with Crippen LogP contribution in [0.2, 0.25) is 0 Å². The summed E-state index contributed by atoms with van der Waals surface area (Å²) in [5.74, 6) is 0.314. The quantitative estimate of drug-likeness (QED) is 0.730. The van der Waals surface area contributed by atoms with E-state index in [2.05, 4.69) is 34.1 Å². The van der Waals surface area contributed by atoms with Crippen LogP contribution < -0.4 is 16.6 Å². The van der Waals surface area contributed by atoms with Crippen molar-refractivity contribution in [2.75, 3.05) is 13.1 Å². The molecule has 0 radical (unpaired) electrons. The van der Waals surface area contributed by atoms with Gasteiger partial charge in [-0.15, -0.1) is 0 Å². The van der Waals surface area contributed by atoms with Gasteiger partial charge in [-0.3, -0.25) is 28.7 Å². The predicted octanol–water partition coefficient (Wildman–Crippen LogP) is -0.170. The molecule has 0 atom stereocenters. The van der Waals surface area contributed by atoms with Crippen LogP contribution in [0.25, 0.3) is 0 Å². The molecule has 0 saturated carbocycles. The Kier molecular flexibility index (Phi) is 5.59. The van der Waals surface area contributed by atoms with Gasteiger partial charge in [-0.1, -0.05) is 13.8 Å². The Labute approximate surface area is 157 Å². The number of nitrogens with zero attached hydrogens (tertiary/aromatic N) is 4. The van der Waals surface area contributed by atoms with Crippen LogP contribution in [0.3, 0.4) is 0 Å². The highest BCUT2D eigenvalue weighted by Crippen LogP contribution is 2.15. The molecule has 2 aromatic heterocycles. The lowest BCUT2D eigenvalue weighted by molar-refractivity contribution is -0.121. The van der Waals surface area contributed by atoms with Crippen molar-refractivity contribution in [3.63, 3.8) is 0 Å². The van der Waals surface area contributed by atoms with Crippen molar-refractivity contribution >= 4 is 5.91 Å². The van der Waals surface area contributed by atoms with E-state index in [0.29, 0.717) is 18.0 Å². The molecule has 0 unspecified atom stereocenters. The summed E-state index contributed by atoms with van der Waals surface area (Å²) in [6.07, 6.45) is 1.39. The lowest BCUT2D eigenvalue weighted by Gasteiger charge is -2.28. The highest BCUT2D eigenvalue weighted by molar-refractivity contribution is 5.75. The van der Waals surface area contributed by atoms with Crippen molar-refractivity contribution in [3.05, 3.63) is 50.1 Å². The van der Waals surface area contributed by atoms with Gasteiger partial charge in [0.25, 0.3) is 5.56 Å². The van der Waals surface area contributed by atoms with Crippen molar-refractivity contribution in [1.29, 1.82) is 0 Å². The summed E-state index contributed by atoms with van der Waals surface area (Å²) in [7, 11) is 0. The van der Waals surface area contributed by atoms with Crippen LogP contribution in [0.1, 0.15) is 30.8 Å². The first-order valence-corrected chi connectivity index (χ1v) is 9.17. The minimum Gasteiger partial charge on any atom is -0.349 e. The Morgan fingerprint density at radius 1 is 1.33 bits per heavy atom. The van der Waals surface area contributed by atoms with E-state index in [1.165, 1.54) is 10.8 Å². The maximum absolute atomic E-state index is 12.1. The normalized spacial score (nSPS) is 14.4. The molecule has 0 aromatic carbocycles. The van der Waals surface area contributed by atoms with Crippen LogP contribution in [0.4, 0.5) is 0 Å². The average Bonchev–Trinajstić information content (AvgIpc) is 2.99. The number of aryl methyl sites for hydroxylation is 1. The lowest BCUT2D eigenvalue weighted by atomic mass is 10.2. The fraction of sp³-hybridized carbons (Fsp3) is 0.556. The van der Waals surface area contributed by atoms with Gasteiger partial charge in [0.1, 0.15) is 6.54 Å². The molecule has 27 heavy (non-hydrogen) atoms. The van der Waals surface area contributed by atoms with Crippen molar-refractivity contribution in [1.82, 2.24) is 29.5 Å². The van der Waals surface area contributed by atoms with E-state index in [9.17, 15) is 14.4 Å². The summed E-state index contributed by atoms with van der Waals surface area (Å²) in [5, 5.41) is 7.33. The predicted molar refractivity (Wildman–Crippen MR) is 100 cm³/mol. The number of carbonyl (C=O) groups is 1. The molecular weight excluding hydrogens is 348 g/mol. The van der Waals surface area contributed by atoms with E-state index >= 15 is 0 Å². The molecule has 9 nitrogen and oxygen atoms in total. The summed E-state index contributed by atoms with van der Waals surface area (Å²) >= 11 is 0. The molecule has 146 valence electrons. The standard InChI is InChI=1S/C18H26N6O3/c1-12(2)8-22-4-5-24-15(10-22)6-14(21-24)7-19-16(25)11-23-9-13(3)17(26)20-18(23)27/h6,9,12H,4-5,7-8,10-11H2,1-3H3,(H,19,25)(H,20,26,27). The molecular formula is C18H26N6O3. The van der Waals surface area contributed by atoms with Gasteiger partial charge in [-0.2, -0.15) is 5.10 Å². The zero-order valence-corrected chi connectivity index (χ0v) is 16.0. The number of carbonyl (C=O) groups excluding carboxylic acids is 1. The first-order valence-electron chi connectivity index (χ1n) is 9.17. The molecule has 9 heteroatoms. The van der Waals surface area contributed by atoms with Gasteiger partial charge in [0.15, 0.2) is 0 Å². The number of H-pyrrole nitrogens is 1. The minimum absolute atomic E-state index is 0.147. The van der Waals surface area contributed by atoms with Crippen LogP contribution >= 0.6 is 0 Å². The Hall–Kier alpha value is -2.68. The third kappa shape index (κ3) is 4.73. The molecule has 0 aliphatic carbocycles. The van der Waals surface area contributed by atoms with Gasteiger partial charge in [0.2, 0.25) is 5.91 Å². The number of fused-ring (bicyclic) bond motifs is 1. The van der Waals surface area contributed by atoms with Gasteiger partial charge in [0, 0.05) is 31.4 Å². The Balaban J connectivity index is 1.57. The van der Waals surface area contributed by atoms with Crippen molar-refractivity contribution in [3.8, 4) is 0 Å². The second-order valence-corrected chi connectivity index (χ2v) is 7.46. The number of hydrogen-bond donors (Lipinski definition) is 2. The Morgan fingerprint density at radius 2 is 2.11 bits per heavy atom. The smallest absolute Gasteiger partial charge is 0.328 e. The molecule has 3 heterocycles. The summed E-state index contributed by atoms with van der Waals surface area (Å²) < 4.78 is 3.18. The van der Waals surface area contributed by atoms with Crippen molar-refractivity contribution in [2.24, 2.45) is 5.92 Å². The maximum Gasteiger partial charge on any atom is 0.328 e. The summed E-state index contributed by atoms with van der Waals surface area (Å²) in [6.45, 7) is 9.92. The monoisotopic (exact) mass is 374 g/mol. The molecule has 0 spiro atoms. The molecule has 1 aliphatic heterocycles. The topological polar surface area (TPSA) is 105 Å². The number of aromatic amines is 1. The molecule has 2 aromatic rings. The van der Waals surface area contributed by atoms with E-state index in [-0.39, 0.29) is 12.5 Å². The van der Waals surface area contributed by atoms with Gasteiger partial charge in [-0.05, 0) is 18.9 Å². The fourth-order valence-electron chi connectivity index (χ4n) is 3.27. The van der Waals surface area contributed by atoms with Crippen LogP contribution in [-0.2, 0) is 31.0 Å². The highest BCUT2D eigenvalue weighted by Gasteiger charge is 2.19. The second-order valence-electron chi connectivity index (χ2n) is 7.46. The largest absolute Gasteiger partial charge is 0.349 e. The van der Waals surface area contributed by atoms with Crippen molar-refractivity contribution < 1.29 is 4.79 Å². The zero-order chi connectivity index (χ0) is 19.6. The number of aromatic nitrogens is 4. The average molecular weight is 374 g/mol. The SMILES string of the molecule is Cc1cn(CC(=O)NCc2cc3n(n2)CCN(CC(C)C)C3)c(=O)[nH]c1=O. The number of nitrogens with one attached hydrogen (secondary N) is 2. The van der Waals surface area contributed by atoms with Crippen molar-refractivity contribution in [2.45, 2.75) is 47.0 Å². The first-order chi connectivity index (χ1) is 12.8. The molecule has 0 fully saturated rings. The van der Waals surface area contributed by atoms with E-state index < -0.39 is 11.2 Å². The van der Waals surface area contributed by atoms with Crippen LogP contribution in [-0.4, -0.2) is 43.2 Å². The van der Waals surface area contributed by atoms with Gasteiger partial charge < -0.3 is 5.32 Å². The molecule has 1 aliphatic rings. The molecule has 1 amide bonds. The van der Waals surface area contributed by atoms with Gasteiger partial charge in [0.05, 0.1) is 24.5 Å². The van der Waals surface area contributed by atoms with Crippen LogP contribution in [0, 0.1) is 12.8 Å². The molecule has 0 saturated heterocycles. The fourth-order valence-corrected chi connectivity index (χ4v) is 3.27. The second kappa shape index (κ2) is 7.91. The summed E-state index contributed by atoms with van der Waals surface area (Å²) in [5.41, 5.74) is 1.30. The van der Waals surface area contributed by atoms with Crippen LogP contribution in [0.5, 0.6) is 0 Å². The Bertz CT molecular complexity index is 939. The molecule has 3 rings (SSSR count). The minimum atomic E-state index is -0.594. The number of rotatable bonds is 6.